The number of amides is 1. The van der Waals surface area contributed by atoms with Crippen LogP contribution >= 0.6 is 0 Å². The highest BCUT2D eigenvalue weighted by Crippen LogP contribution is 2.13. The Balaban J connectivity index is 1.62. The molecule has 6 nitrogen and oxygen atoms in total. The molecule has 1 saturated heterocycles. The molecule has 1 amide bonds. The molecule has 1 aliphatic rings. The van der Waals surface area contributed by atoms with Gasteiger partial charge in [-0.1, -0.05) is 24.3 Å². The fourth-order valence-corrected chi connectivity index (χ4v) is 3.24. The Morgan fingerprint density at radius 1 is 1.04 bits per heavy atom. The Morgan fingerprint density at radius 3 is 2.32 bits per heavy atom. The van der Waals surface area contributed by atoms with E-state index < -0.39 is 4.92 Å². The molecule has 0 unspecified atom stereocenters. The predicted octanol–water partition coefficient (Wildman–Crippen LogP) is 1.70. The van der Waals surface area contributed by atoms with Crippen LogP contribution in [-0.2, 0) is 13.1 Å². The molecule has 2 aromatic rings. The Kier molecular flexibility index (Phi) is 5.40. The average molecular weight is 340 g/mol. The minimum Gasteiger partial charge on any atom is -0.348 e. The fraction of sp³-hybridized carbons (Fsp3) is 0.316. The third kappa shape index (κ3) is 4.42. The van der Waals surface area contributed by atoms with Gasteiger partial charge in [0.05, 0.1) is 18.0 Å². The highest BCUT2D eigenvalue weighted by atomic mass is 16.6. The van der Waals surface area contributed by atoms with Gasteiger partial charge in [0.25, 0.3) is 11.6 Å². The number of carbonyl (C=O) groups excluding carboxylic acids is 1. The quantitative estimate of drug-likeness (QED) is 0.621. The van der Waals surface area contributed by atoms with Gasteiger partial charge in [-0.2, -0.15) is 0 Å². The van der Waals surface area contributed by atoms with Crippen molar-refractivity contribution in [3.05, 3.63) is 75.3 Å². The molecule has 0 bridgehead atoms. The van der Waals surface area contributed by atoms with E-state index in [0.29, 0.717) is 12.1 Å². The van der Waals surface area contributed by atoms with Crippen LogP contribution in [0.4, 0.5) is 5.69 Å². The first-order valence-electron chi connectivity index (χ1n) is 8.56. The number of nitro groups is 1. The third-order valence-corrected chi connectivity index (χ3v) is 4.65. The van der Waals surface area contributed by atoms with Crippen molar-refractivity contribution in [1.29, 1.82) is 0 Å². The van der Waals surface area contributed by atoms with Gasteiger partial charge in [-0.15, -0.1) is 0 Å². The zero-order chi connectivity index (χ0) is 17.6. The van der Waals surface area contributed by atoms with E-state index in [1.807, 2.05) is 18.2 Å². The molecule has 0 spiro atoms. The van der Waals surface area contributed by atoms with Crippen LogP contribution in [0.3, 0.4) is 0 Å². The van der Waals surface area contributed by atoms with Gasteiger partial charge in [-0.05, 0) is 17.7 Å². The predicted molar refractivity (Wildman–Crippen MR) is 94.3 cm³/mol. The monoisotopic (exact) mass is 340 g/mol. The highest BCUT2D eigenvalue weighted by molar-refractivity contribution is 5.94. The number of benzene rings is 2. The van der Waals surface area contributed by atoms with Gasteiger partial charge in [-0.3, -0.25) is 14.9 Å². The summed E-state index contributed by atoms with van der Waals surface area (Å²) in [5.41, 5.74) is 2.80. The standard InChI is InChI=1S/C19H21N3O3/c23-19(15-7-9-18(10-8-15)22(24)25)20-13-16-5-1-2-6-17(16)14-21-11-3-4-12-21/h1-2,5-10H,3-4,11-14H2,(H,20,23)/p+1. The molecular formula is C19H22N3O3+. The molecule has 25 heavy (non-hydrogen) atoms. The zero-order valence-corrected chi connectivity index (χ0v) is 14.0. The highest BCUT2D eigenvalue weighted by Gasteiger charge is 2.17. The van der Waals surface area contributed by atoms with Crippen LogP contribution < -0.4 is 10.2 Å². The van der Waals surface area contributed by atoms with E-state index in [1.54, 1.807) is 4.90 Å². The number of hydrogen-bond donors (Lipinski definition) is 2. The second kappa shape index (κ2) is 7.90. The van der Waals surface area contributed by atoms with Crippen LogP contribution in [0.1, 0.15) is 34.3 Å². The van der Waals surface area contributed by atoms with Crippen LogP contribution in [0.2, 0.25) is 0 Å². The minimum atomic E-state index is -0.474. The van der Waals surface area contributed by atoms with E-state index in [1.165, 1.54) is 55.8 Å². The maximum absolute atomic E-state index is 12.3. The molecule has 1 heterocycles. The average Bonchev–Trinajstić information content (AvgIpc) is 3.14. The SMILES string of the molecule is O=C(NCc1ccccc1C[NH+]1CCCC1)c1ccc([N+](=O)[O-])cc1. The number of hydrogen-bond acceptors (Lipinski definition) is 3. The summed E-state index contributed by atoms with van der Waals surface area (Å²) in [4.78, 5) is 24.1. The van der Waals surface area contributed by atoms with E-state index in [9.17, 15) is 14.9 Å². The summed E-state index contributed by atoms with van der Waals surface area (Å²) in [6.45, 7) is 3.87. The van der Waals surface area contributed by atoms with Crippen molar-refractivity contribution >= 4 is 11.6 Å². The largest absolute Gasteiger partial charge is 0.348 e. The molecule has 0 aromatic heterocycles. The van der Waals surface area contributed by atoms with Gasteiger partial charge >= 0.3 is 0 Å². The minimum absolute atomic E-state index is 0.0181. The summed E-state index contributed by atoms with van der Waals surface area (Å²) >= 11 is 0. The van der Waals surface area contributed by atoms with Gasteiger partial charge in [0.15, 0.2) is 0 Å². The van der Waals surface area contributed by atoms with Gasteiger partial charge < -0.3 is 10.2 Å². The maximum atomic E-state index is 12.3. The second-order valence-electron chi connectivity index (χ2n) is 6.39. The van der Waals surface area contributed by atoms with Crippen molar-refractivity contribution in [2.45, 2.75) is 25.9 Å². The van der Waals surface area contributed by atoms with Crippen LogP contribution in [0, 0.1) is 10.1 Å². The van der Waals surface area contributed by atoms with E-state index in [4.69, 9.17) is 0 Å². The maximum Gasteiger partial charge on any atom is 0.269 e. The van der Waals surface area contributed by atoms with E-state index in [0.717, 1.165) is 12.1 Å². The van der Waals surface area contributed by atoms with Gasteiger partial charge in [0, 0.05) is 42.6 Å². The van der Waals surface area contributed by atoms with Gasteiger partial charge in [0.2, 0.25) is 0 Å². The summed E-state index contributed by atoms with van der Waals surface area (Å²) in [7, 11) is 0. The molecule has 0 saturated carbocycles. The summed E-state index contributed by atoms with van der Waals surface area (Å²) in [5, 5.41) is 13.6. The van der Waals surface area contributed by atoms with Crippen molar-refractivity contribution in [3.8, 4) is 0 Å². The second-order valence-corrected chi connectivity index (χ2v) is 6.39. The number of nitrogens with one attached hydrogen (secondary N) is 2. The normalized spacial score (nSPS) is 14.4. The number of carbonyl (C=O) groups is 1. The topological polar surface area (TPSA) is 76.7 Å². The van der Waals surface area contributed by atoms with Crippen molar-refractivity contribution in [1.82, 2.24) is 5.32 Å². The lowest BCUT2D eigenvalue weighted by atomic mass is 10.1. The lowest BCUT2D eigenvalue weighted by Crippen LogP contribution is -3.08. The van der Waals surface area contributed by atoms with Crippen LogP contribution in [0.25, 0.3) is 0 Å². The Morgan fingerprint density at radius 2 is 1.68 bits per heavy atom. The first kappa shape index (κ1) is 17.1. The first-order valence-corrected chi connectivity index (χ1v) is 8.56. The van der Waals surface area contributed by atoms with Crippen molar-refractivity contribution in [3.63, 3.8) is 0 Å². The molecular weight excluding hydrogens is 318 g/mol. The van der Waals surface area contributed by atoms with Crippen molar-refractivity contribution < 1.29 is 14.6 Å². The first-order chi connectivity index (χ1) is 12.1. The molecule has 1 fully saturated rings. The van der Waals surface area contributed by atoms with Gasteiger partial charge in [0.1, 0.15) is 6.54 Å². The molecule has 0 atom stereocenters. The van der Waals surface area contributed by atoms with E-state index >= 15 is 0 Å². The number of nitro benzene ring substituents is 1. The van der Waals surface area contributed by atoms with Crippen LogP contribution in [0.15, 0.2) is 48.5 Å². The Hall–Kier alpha value is -2.73. The number of quaternary nitrogens is 1. The fourth-order valence-electron chi connectivity index (χ4n) is 3.24. The summed E-state index contributed by atoms with van der Waals surface area (Å²) in [6, 6.07) is 13.8. The van der Waals surface area contributed by atoms with E-state index in [-0.39, 0.29) is 11.6 Å². The Labute approximate surface area is 146 Å². The lowest BCUT2D eigenvalue weighted by Gasteiger charge is -2.15. The molecule has 2 N–H and O–H groups in total. The third-order valence-electron chi connectivity index (χ3n) is 4.65. The lowest BCUT2D eigenvalue weighted by molar-refractivity contribution is -0.901. The summed E-state index contributed by atoms with van der Waals surface area (Å²) < 4.78 is 0. The molecule has 0 aliphatic carbocycles. The Bertz CT molecular complexity index is 753. The smallest absolute Gasteiger partial charge is 0.269 e. The zero-order valence-electron chi connectivity index (χ0n) is 14.0. The van der Waals surface area contributed by atoms with Crippen molar-refractivity contribution in [2.75, 3.05) is 13.1 Å². The molecule has 2 aromatic carbocycles. The number of rotatable bonds is 6. The summed E-state index contributed by atoms with van der Waals surface area (Å²) in [6.07, 6.45) is 2.57. The number of nitrogens with zero attached hydrogens (tertiary/aromatic N) is 1. The van der Waals surface area contributed by atoms with E-state index in [2.05, 4.69) is 11.4 Å². The molecule has 6 heteroatoms. The number of likely N-dealkylation sites (tertiary alicyclic amines) is 1. The molecule has 3 rings (SSSR count). The van der Waals surface area contributed by atoms with Crippen molar-refractivity contribution in [2.24, 2.45) is 0 Å². The molecule has 0 radical (unpaired) electrons. The molecule has 130 valence electrons. The number of non-ortho nitro benzene ring substituents is 1. The summed E-state index contributed by atoms with van der Waals surface area (Å²) in [5.74, 6) is -0.224. The van der Waals surface area contributed by atoms with Crippen LogP contribution in [-0.4, -0.2) is 23.9 Å². The van der Waals surface area contributed by atoms with Crippen LogP contribution in [0.5, 0.6) is 0 Å². The van der Waals surface area contributed by atoms with Gasteiger partial charge in [-0.25, -0.2) is 0 Å². The molecule has 1 aliphatic heterocycles.